The summed E-state index contributed by atoms with van der Waals surface area (Å²) in [4.78, 5) is 11.6. The minimum atomic E-state index is -3.63. The molecule has 0 aromatic carbocycles. The van der Waals surface area contributed by atoms with E-state index in [1.54, 1.807) is 14.0 Å². The second-order valence-electron chi connectivity index (χ2n) is 4.33. The maximum absolute atomic E-state index is 12.5. The van der Waals surface area contributed by atoms with Crippen molar-refractivity contribution in [2.75, 3.05) is 7.05 Å². The van der Waals surface area contributed by atoms with Gasteiger partial charge in [0.1, 0.15) is 4.88 Å². The Balaban J connectivity index is 3.23. The van der Waals surface area contributed by atoms with Crippen LogP contribution < -0.4 is 0 Å². The first-order chi connectivity index (χ1) is 8.75. The van der Waals surface area contributed by atoms with Crippen LogP contribution in [0.2, 0.25) is 0 Å². The third kappa shape index (κ3) is 3.16. The third-order valence-corrected chi connectivity index (χ3v) is 6.40. The van der Waals surface area contributed by atoms with Crippen molar-refractivity contribution in [2.45, 2.75) is 44.6 Å². The molecule has 0 saturated carbocycles. The molecule has 0 saturated heterocycles. The first-order valence-electron chi connectivity index (χ1n) is 6.07. The van der Waals surface area contributed by atoms with E-state index in [-0.39, 0.29) is 15.8 Å². The zero-order valence-electron chi connectivity index (χ0n) is 11.5. The first kappa shape index (κ1) is 16.1. The summed E-state index contributed by atoms with van der Waals surface area (Å²) in [6.07, 6.45) is 1.45. The lowest BCUT2D eigenvalue weighted by Crippen LogP contribution is -2.36. The van der Waals surface area contributed by atoms with Crippen molar-refractivity contribution in [3.63, 3.8) is 0 Å². The molecule has 1 aromatic rings. The summed E-state index contributed by atoms with van der Waals surface area (Å²) in [5, 5.41) is 8.93. The minimum Gasteiger partial charge on any atom is -0.477 e. The highest BCUT2D eigenvalue weighted by Gasteiger charge is 2.29. The zero-order chi connectivity index (χ0) is 14.8. The predicted octanol–water partition coefficient (Wildman–Crippen LogP) is 2.56. The molecule has 1 heterocycles. The number of hydrogen-bond acceptors (Lipinski definition) is 4. The van der Waals surface area contributed by atoms with E-state index in [1.807, 2.05) is 13.8 Å². The van der Waals surface area contributed by atoms with Crippen LogP contribution in [0.3, 0.4) is 0 Å². The van der Waals surface area contributed by atoms with E-state index >= 15 is 0 Å². The average Bonchev–Trinajstić information content (AvgIpc) is 2.73. The van der Waals surface area contributed by atoms with Crippen LogP contribution in [0.4, 0.5) is 0 Å². The lowest BCUT2D eigenvalue weighted by atomic mass is 10.2. The van der Waals surface area contributed by atoms with Gasteiger partial charge in [0.15, 0.2) is 0 Å². The monoisotopic (exact) mass is 305 g/mol. The molecule has 108 valence electrons. The summed E-state index contributed by atoms with van der Waals surface area (Å²) in [5.74, 6) is -1.10. The molecule has 19 heavy (non-hydrogen) atoms. The Hall–Kier alpha value is -0.920. The molecule has 7 heteroatoms. The molecule has 0 unspecified atom stereocenters. The second-order valence-corrected chi connectivity index (χ2v) is 7.55. The maximum atomic E-state index is 12.5. The first-order valence-corrected chi connectivity index (χ1v) is 8.33. The lowest BCUT2D eigenvalue weighted by Gasteiger charge is -2.25. The van der Waals surface area contributed by atoms with Crippen molar-refractivity contribution < 1.29 is 18.3 Å². The number of nitrogens with zero attached hydrogens (tertiary/aromatic N) is 1. The van der Waals surface area contributed by atoms with Crippen LogP contribution in [0, 0.1) is 6.92 Å². The van der Waals surface area contributed by atoms with E-state index in [0.29, 0.717) is 4.88 Å². The molecule has 0 radical (unpaired) electrons. The van der Waals surface area contributed by atoms with Crippen LogP contribution in [0.15, 0.2) is 11.0 Å². The highest BCUT2D eigenvalue weighted by molar-refractivity contribution is 7.89. The van der Waals surface area contributed by atoms with Gasteiger partial charge in [-0.3, -0.25) is 0 Å². The molecule has 0 atom stereocenters. The fourth-order valence-electron chi connectivity index (χ4n) is 1.98. The Morgan fingerprint density at radius 2 is 1.95 bits per heavy atom. The molecule has 0 amide bonds. The Kier molecular flexibility index (Phi) is 5.11. The van der Waals surface area contributed by atoms with Gasteiger partial charge in [-0.1, -0.05) is 13.8 Å². The highest BCUT2D eigenvalue weighted by atomic mass is 32.2. The number of hydrogen-bond donors (Lipinski definition) is 1. The molecule has 0 aliphatic carbocycles. The summed E-state index contributed by atoms with van der Waals surface area (Å²) in [6, 6.07) is 1.17. The fraction of sp³-hybridized carbons (Fsp3) is 0.583. The van der Waals surface area contributed by atoms with E-state index < -0.39 is 16.0 Å². The van der Waals surface area contributed by atoms with Gasteiger partial charge in [0.25, 0.3) is 0 Å². The molecule has 1 aromatic heterocycles. The summed E-state index contributed by atoms with van der Waals surface area (Å²) >= 11 is 0.988. The molecule has 0 spiro atoms. The van der Waals surface area contributed by atoms with Gasteiger partial charge in [0.05, 0.1) is 4.90 Å². The number of rotatable bonds is 6. The van der Waals surface area contributed by atoms with Crippen molar-refractivity contribution in [3.8, 4) is 0 Å². The Morgan fingerprint density at radius 1 is 1.42 bits per heavy atom. The second kappa shape index (κ2) is 6.02. The number of aryl methyl sites for hydroxylation is 1. The normalized spacial score (nSPS) is 12.3. The standard InChI is InChI=1S/C12H19NO4S2/c1-5-9(6-2)13(4)19(16,17)11-7-10(12(14)15)18-8(11)3/h7,9H,5-6H2,1-4H3,(H,14,15). The van der Waals surface area contributed by atoms with Crippen molar-refractivity contribution in [2.24, 2.45) is 0 Å². The van der Waals surface area contributed by atoms with Crippen molar-refractivity contribution in [3.05, 3.63) is 15.8 Å². The SMILES string of the molecule is CCC(CC)N(C)S(=O)(=O)c1cc(C(=O)O)sc1C. The number of aromatic carboxylic acids is 1. The van der Waals surface area contributed by atoms with Gasteiger partial charge in [-0.15, -0.1) is 11.3 Å². The molecule has 0 aliphatic heterocycles. The van der Waals surface area contributed by atoms with E-state index in [0.717, 1.165) is 24.2 Å². The van der Waals surface area contributed by atoms with E-state index in [1.165, 1.54) is 10.4 Å². The molecule has 0 aliphatic rings. The van der Waals surface area contributed by atoms with Crippen molar-refractivity contribution in [1.82, 2.24) is 4.31 Å². The minimum absolute atomic E-state index is 0.0500. The van der Waals surface area contributed by atoms with Crippen molar-refractivity contribution in [1.29, 1.82) is 0 Å². The van der Waals surface area contributed by atoms with Crippen LogP contribution in [0.25, 0.3) is 0 Å². The molecule has 0 bridgehead atoms. The van der Waals surface area contributed by atoms with Gasteiger partial charge in [0, 0.05) is 18.0 Å². The zero-order valence-corrected chi connectivity index (χ0v) is 13.1. The number of carboxylic acids is 1. The summed E-state index contributed by atoms with van der Waals surface area (Å²) in [6.45, 7) is 5.50. The van der Waals surface area contributed by atoms with Crippen LogP contribution in [-0.2, 0) is 10.0 Å². The van der Waals surface area contributed by atoms with E-state index in [2.05, 4.69) is 0 Å². The number of carboxylic acid groups (broad SMARTS) is 1. The quantitative estimate of drug-likeness (QED) is 0.876. The maximum Gasteiger partial charge on any atom is 0.345 e. The summed E-state index contributed by atoms with van der Waals surface area (Å²) in [7, 11) is -2.08. The van der Waals surface area contributed by atoms with Crippen LogP contribution in [0.5, 0.6) is 0 Å². The Labute approximate surface area is 117 Å². The number of thiophene rings is 1. The van der Waals surface area contributed by atoms with Gasteiger partial charge < -0.3 is 5.11 Å². The number of sulfonamides is 1. The topological polar surface area (TPSA) is 74.7 Å². The van der Waals surface area contributed by atoms with Crippen LogP contribution in [-0.4, -0.2) is 36.9 Å². The van der Waals surface area contributed by atoms with Crippen LogP contribution >= 0.6 is 11.3 Å². The van der Waals surface area contributed by atoms with E-state index in [9.17, 15) is 13.2 Å². The summed E-state index contributed by atoms with van der Waals surface area (Å²) < 4.78 is 26.3. The third-order valence-electron chi connectivity index (χ3n) is 3.20. The average molecular weight is 305 g/mol. The summed E-state index contributed by atoms with van der Waals surface area (Å²) in [5.41, 5.74) is 0. The molecular weight excluding hydrogens is 286 g/mol. The lowest BCUT2D eigenvalue weighted by molar-refractivity contribution is 0.0702. The fourth-order valence-corrected chi connectivity index (χ4v) is 4.88. The highest BCUT2D eigenvalue weighted by Crippen LogP contribution is 2.29. The number of carbonyl (C=O) groups is 1. The van der Waals surface area contributed by atoms with Crippen molar-refractivity contribution >= 4 is 27.3 Å². The van der Waals surface area contributed by atoms with E-state index in [4.69, 9.17) is 5.11 Å². The molecule has 0 fully saturated rings. The van der Waals surface area contributed by atoms with Gasteiger partial charge in [-0.05, 0) is 25.8 Å². The van der Waals surface area contributed by atoms with Gasteiger partial charge >= 0.3 is 5.97 Å². The molecular formula is C12H19NO4S2. The van der Waals surface area contributed by atoms with Gasteiger partial charge in [-0.25, -0.2) is 13.2 Å². The Morgan fingerprint density at radius 3 is 2.32 bits per heavy atom. The van der Waals surface area contributed by atoms with Gasteiger partial charge in [-0.2, -0.15) is 4.31 Å². The Bertz CT molecular complexity index is 558. The van der Waals surface area contributed by atoms with Crippen LogP contribution in [0.1, 0.15) is 41.2 Å². The van der Waals surface area contributed by atoms with Gasteiger partial charge in [0.2, 0.25) is 10.0 Å². The predicted molar refractivity (Wildman–Crippen MR) is 75.3 cm³/mol. The smallest absolute Gasteiger partial charge is 0.345 e. The molecule has 5 nitrogen and oxygen atoms in total. The molecule has 1 rings (SSSR count). The molecule has 1 N–H and O–H groups in total. The largest absolute Gasteiger partial charge is 0.477 e.